The number of hydrogen-bond donors (Lipinski definition) is 1. The van der Waals surface area contributed by atoms with Gasteiger partial charge in [0.25, 0.3) is 0 Å². The highest BCUT2D eigenvalue weighted by Crippen LogP contribution is 2.17. The number of rotatable bonds is 9. The van der Waals surface area contributed by atoms with Gasteiger partial charge in [0, 0.05) is 30.5 Å². The normalized spacial score (nSPS) is 12.3. The first-order valence-corrected chi connectivity index (χ1v) is 8.69. The zero-order chi connectivity index (χ0) is 16.7. The summed E-state index contributed by atoms with van der Waals surface area (Å²) in [7, 11) is 1.98. The lowest BCUT2D eigenvalue weighted by atomic mass is 10.1. The van der Waals surface area contributed by atoms with Crippen molar-refractivity contribution in [2.75, 3.05) is 5.32 Å². The Kier molecular flexibility index (Phi) is 6.56. The summed E-state index contributed by atoms with van der Waals surface area (Å²) in [5.41, 5.74) is 3.48. The van der Waals surface area contributed by atoms with E-state index in [0.717, 1.165) is 30.8 Å². The molecule has 0 aliphatic heterocycles. The molecule has 0 aliphatic rings. The maximum atomic E-state index is 4.53. The average molecular weight is 315 g/mol. The van der Waals surface area contributed by atoms with Crippen molar-refractivity contribution in [2.24, 2.45) is 7.05 Å². The van der Waals surface area contributed by atoms with Crippen molar-refractivity contribution in [1.82, 2.24) is 19.7 Å². The Balaban J connectivity index is 2.01. The molecule has 0 bridgehead atoms. The monoisotopic (exact) mass is 315 g/mol. The quantitative estimate of drug-likeness (QED) is 0.767. The molecule has 0 saturated heterocycles. The van der Waals surface area contributed by atoms with Crippen LogP contribution in [-0.2, 0) is 19.9 Å². The minimum absolute atomic E-state index is 0.487. The van der Waals surface area contributed by atoms with Crippen LogP contribution in [0.3, 0.4) is 0 Å². The molecule has 0 aliphatic carbocycles. The molecule has 126 valence electrons. The Hall–Kier alpha value is -1.91. The standard InChI is InChI=1S/C18H29N5/c1-5-7-8-16(6-2)21-18-15(12-19-13-20-18)9-10-17-11-14(3)23(4)22-17/h11-13,16H,5-10H2,1-4H3,(H,19,20,21). The van der Waals surface area contributed by atoms with Gasteiger partial charge in [-0.25, -0.2) is 9.97 Å². The molecular formula is C18H29N5. The summed E-state index contributed by atoms with van der Waals surface area (Å²) in [6.45, 7) is 6.54. The van der Waals surface area contributed by atoms with Gasteiger partial charge in [0.2, 0.25) is 0 Å². The first kappa shape index (κ1) is 17.4. The first-order chi connectivity index (χ1) is 11.1. The van der Waals surface area contributed by atoms with E-state index in [-0.39, 0.29) is 0 Å². The molecule has 1 N–H and O–H groups in total. The molecule has 0 radical (unpaired) electrons. The summed E-state index contributed by atoms with van der Waals surface area (Å²) >= 11 is 0. The molecule has 1 unspecified atom stereocenters. The molecule has 23 heavy (non-hydrogen) atoms. The van der Waals surface area contributed by atoms with Crippen LogP contribution in [0.4, 0.5) is 5.82 Å². The highest BCUT2D eigenvalue weighted by atomic mass is 15.3. The zero-order valence-electron chi connectivity index (χ0n) is 14.8. The lowest BCUT2D eigenvalue weighted by Gasteiger charge is -2.19. The highest BCUT2D eigenvalue weighted by molar-refractivity contribution is 5.43. The van der Waals surface area contributed by atoms with E-state index in [1.807, 2.05) is 17.9 Å². The van der Waals surface area contributed by atoms with E-state index in [0.29, 0.717) is 6.04 Å². The molecular weight excluding hydrogens is 286 g/mol. The number of nitrogens with zero attached hydrogens (tertiary/aromatic N) is 4. The van der Waals surface area contributed by atoms with Crippen LogP contribution in [-0.4, -0.2) is 25.8 Å². The third kappa shape index (κ3) is 5.05. The van der Waals surface area contributed by atoms with Crippen LogP contribution in [0, 0.1) is 6.92 Å². The SMILES string of the molecule is CCCCC(CC)Nc1ncncc1CCc1cc(C)n(C)n1. The molecule has 5 heteroatoms. The molecule has 0 fully saturated rings. The van der Waals surface area contributed by atoms with Gasteiger partial charge in [0.15, 0.2) is 0 Å². The molecule has 2 aromatic heterocycles. The fourth-order valence-corrected chi connectivity index (χ4v) is 2.71. The Morgan fingerprint density at radius 1 is 1.26 bits per heavy atom. The van der Waals surface area contributed by atoms with Crippen LogP contribution < -0.4 is 5.32 Å². The number of anilines is 1. The summed E-state index contributed by atoms with van der Waals surface area (Å²) in [5.74, 6) is 0.982. The second-order valence-electron chi connectivity index (χ2n) is 6.19. The molecule has 0 amide bonds. The predicted octanol–water partition coefficient (Wildman–Crippen LogP) is 3.68. The molecule has 0 aromatic carbocycles. The first-order valence-electron chi connectivity index (χ1n) is 8.69. The molecule has 2 aromatic rings. The zero-order valence-corrected chi connectivity index (χ0v) is 14.8. The lowest BCUT2D eigenvalue weighted by molar-refractivity contribution is 0.590. The Morgan fingerprint density at radius 2 is 2.09 bits per heavy atom. The summed E-state index contributed by atoms with van der Waals surface area (Å²) in [6, 6.07) is 2.63. The van der Waals surface area contributed by atoms with Gasteiger partial charge in [-0.15, -0.1) is 0 Å². The molecule has 0 spiro atoms. The molecule has 2 heterocycles. The van der Waals surface area contributed by atoms with Crippen molar-refractivity contribution in [3.63, 3.8) is 0 Å². The van der Waals surface area contributed by atoms with Gasteiger partial charge >= 0.3 is 0 Å². The third-order valence-electron chi connectivity index (χ3n) is 4.34. The van der Waals surface area contributed by atoms with Crippen molar-refractivity contribution in [3.05, 3.63) is 35.5 Å². The van der Waals surface area contributed by atoms with E-state index < -0.39 is 0 Å². The van der Waals surface area contributed by atoms with Crippen molar-refractivity contribution in [2.45, 2.75) is 65.3 Å². The second kappa shape index (κ2) is 8.65. The fraction of sp³-hybridized carbons (Fsp3) is 0.611. The van der Waals surface area contributed by atoms with E-state index in [4.69, 9.17) is 0 Å². The number of unbranched alkanes of at least 4 members (excludes halogenated alkanes) is 1. The van der Waals surface area contributed by atoms with Gasteiger partial charge in [-0.3, -0.25) is 4.68 Å². The lowest BCUT2D eigenvalue weighted by Crippen LogP contribution is -2.20. The van der Waals surface area contributed by atoms with E-state index in [9.17, 15) is 0 Å². The van der Waals surface area contributed by atoms with Gasteiger partial charge in [-0.2, -0.15) is 5.10 Å². The van der Waals surface area contributed by atoms with Gasteiger partial charge in [-0.1, -0.05) is 26.7 Å². The maximum absolute atomic E-state index is 4.53. The van der Waals surface area contributed by atoms with E-state index in [1.54, 1.807) is 6.33 Å². The van der Waals surface area contributed by atoms with Crippen molar-refractivity contribution in [3.8, 4) is 0 Å². The van der Waals surface area contributed by atoms with Crippen LogP contribution in [0.2, 0.25) is 0 Å². The minimum Gasteiger partial charge on any atom is -0.367 e. The van der Waals surface area contributed by atoms with Gasteiger partial charge in [0.1, 0.15) is 12.1 Å². The molecule has 2 rings (SSSR count). The van der Waals surface area contributed by atoms with Crippen LogP contribution in [0.1, 0.15) is 56.5 Å². The Labute approximate surface area is 139 Å². The highest BCUT2D eigenvalue weighted by Gasteiger charge is 2.11. The number of aromatic nitrogens is 4. The number of hydrogen-bond acceptors (Lipinski definition) is 4. The van der Waals surface area contributed by atoms with Crippen LogP contribution in [0.5, 0.6) is 0 Å². The molecule has 1 atom stereocenters. The van der Waals surface area contributed by atoms with Gasteiger partial charge in [-0.05, 0) is 38.7 Å². The maximum Gasteiger partial charge on any atom is 0.132 e. The fourth-order valence-electron chi connectivity index (χ4n) is 2.71. The molecule has 5 nitrogen and oxygen atoms in total. The number of nitrogens with one attached hydrogen (secondary N) is 1. The van der Waals surface area contributed by atoms with Crippen LogP contribution in [0.15, 0.2) is 18.6 Å². The van der Waals surface area contributed by atoms with Crippen LogP contribution in [0.25, 0.3) is 0 Å². The summed E-state index contributed by atoms with van der Waals surface area (Å²) in [5, 5.41) is 8.14. The Morgan fingerprint density at radius 3 is 2.74 bits per heavy atom. The summed E-state index contributed by atoms with van der Waals surface area (Å²) < 4.78 is 1.92. The van der Waals surface area contributed by atoms with Crippen molar-refractivity contribution < 1.29 is 0 Å². The van der Waals surface area contributed by atoms with Crippen molar-refractivity contribution in [1.29, 1.82) is 0 Å². The van der Waals surface area contributed by atoms with E-state index in [1.165, 1.54) is 30.5 Å². The molecule has 0 saturated carbocycles. The summed E-state index contributed by atoms with van der Waals surface area (Å²) in [4.78, 5) is 8.66. The van der Waals surface area contributed by atoms with E-state index >= 15 is 0 Å². The van der Waals surface area contributed by atoms with E-state index in [2.05, 4.69) is 47.2 Å². The Bertz CT molecular complexity index is 586. The summed E-state index contributed by atoms with van der Waals surface area (Å²) in [6.07, 6.45) is 10.2. The average Bonchev–Trinajstić information content (AvgIpc) is 2.88. The minimum atomic E-state index is 0.487. The van der Waals surface area contributed by atoms with Crippen LogP contribution >= 0.6 is 0 Å². The predicted molar refractivity (Wildman–Crippen MR) is 94.6 cm³/mol. The smallest absolute Gasteiger partial charge is 0.132 e. The van der Waals surface area contributed by atoms with Gasteiger partial charge < -0.3 is 5.32 Å². The largest absolute Gasteiger partial charge is 0.367 e. The van der Waals surface area contributed by atoms with Gasteiger partial charge in [0.05, 0.1) is 5.69 Å². The second-order valence-corrected chi connectivity index (χ2v) is 6.19. The third-order valence-corrected chi connectivity index (χ3v) is 4.34. The topological polar surface area (TPSA) is 55.6 Å². The number of aryl methyl sites for hydroxylation is 4. The van der Waals surface area contributed by atoms with Crippen molar-refractivity contribution >= 4 is 5.82 Å².